The average Bonchev–Trinajstić information content (AvgIpc) is 2.43. The molecule has 2 N–H and O–H groups in total. The monoisotopic (exact) mass is 190 g/mol. The van der Waals surface area contributed by atoms with Gasteiger partial charge < -0.3 is 10.0 Å². The molecule has 0 radical (unpaired) electrons. The summed E-state index contributed by atoms with van der Waals surface area (Å²) in [5, 5.41) is 23.4. The zero-order valence-electron chi connectivity index (χ0n) is 8.10. The molecule has 0 unspecified atom stereocenters. The van der Waals surface area contributed by atoms with Gasteiger partial charge in [-0.15, -0.1) is 0 Å². The minimum atomic E-state index is -1.44. The van der Waals surface area contributed by atoms with Crippen LogP contribution in [0.3, 0.4) is 0 Å². The zero-order valence-corrected chi connectivity index (χ0v) is 8.10. The van der Waals surface area contributed by atoms with Crippen LogP contribution < -0.4 is 5.46 Å². The van der Waals surface area contributed by atoms with E-state index in [2.05, 4.69) is 5.10 Å². The molecule has 0 saturated carbocycles. The topological polar surface area (TPSA) is 58.3 Å². The summed E-state index contributed by atoms with van der Waals surface area (Å²) in [5.41, 5.74) is 2.23. The lowest BCUT2D eigenvalue weighted by atomic mass is 9.77. The molecule has 1 aromatic heterocycles. The molecular formula is C9H11BN2O2. The second kappa shape index (κ2) is 3.11. The van der Waals surface area contributed by atoms with Crippen LogP contribution in [-0.4, -0.2) is 26.9 Å². The van der Waals surface area contributed by atoms with Crippen LogP contribution in [0.1, 0.15) is 5.69 Å². The molecule has 2 rings (SSSR count). The van der Waals surface area contributed by atoms with Crippen molar-refractivity contribution in [3.8, 4) is 0 Å². The SMILES string of the molecule is Cc1nn(C)c2cccc(B(O)O)c12. The summed E-state index contributed by atoms with van der Waals surface area (Å²) in [6.45, 7) is 1.86. The van der Waals surface area contributed by atoms with E-state index in [1.807, 2.05) is 20.0 Å². The highest BCUT2D eigenvalue weighted by atomic mass is 16.4. The lowest BCUT2D eigenvalue weighted by molar-refractivity contribution is 0.426. The Morgan fingerprint density at radius 2 is 2.07 bits per heavy atom. The summed E-state index contributed by atoms with van der Waals surface area (Å²) >= 11 is 0. The first-order chi connectivity index (χ1) is 6.61. The normalized spacial score (nSPS) is 10.9. The van der Waals surface area contributed by atoms with Crippen molar-refractivity contribution in [2.45, 2.75) is 6.92 Å². The number of aryl methyl sites for hydroxylation is 2. The molecule has 0 fully saturated rings. The summed E-state index contributed by atoms with van der Waals surface area (Å²) in [6, 6.07) is 5.39. The number of benzene rings is 1. The second-order valence-electron chi connectivity index (χ2n) is 3.32. The fourth-order valence-electron chi connectivity index (χ4n) is 1.77. The maximum atomic E-state index is 9.17. The number of hydrogen-bond acceptors (Lipinski definition) is 3. The molecule has 72 valence electrons. The van der Waals surface area contributed by atoms with E-state index >= 15 is 0 Å². The maximum Gasteiger partial charge on any atom is 0.489 e. The Labute approximate surface area is 81.9 Å². The number of aromatic nitrogens is 2. The van der Waals surface area contributed by atoms with Gasteiger partial charge in [0.15, 0.2) is 0 Å². The molecular weight excluding hydrogens is 179 g/mol. The van der Waals surface area contributed by atoms with Crippen LogP contribution in [0.25, 0.3) is 10.9 Å². The first-order valence-corrected chi connectivity index (χ1v) is 4.39. The minimum Gasteiger partial charge on any atom is -0.423 e. The van der Waals surface area contributed by atoms with Gasteiger partial charge in [-0.3, -0.25) is 4.68 Å². The Balaban J connectivity index is 2.85. The van der Waals surface area contributed by atoms with Crippen molar-refractivity contribution in [2.24, 2.45) is 7.05 Å². The van der Waals surface area contributed by atoms with Crippen LogP contribution in [0, 0.1) is 6.92 Å². The first-order valence-electron chi connectivity index (χ1n) is 4.39. The third kappa shape index (κ3) is 1.22. The number of rotatable bonds is 1. The van der Waals surface area contributed by atoms with Gasteiger partial charge in [0.2, 0.25) is 0 Å². The molecule has 0 aliphatic carbocycles. The highest BCUT2D eigenvalue weighted by Crippen LogP contribution is 2.14. The Bertz CT molecular complexity index is 479. The van der Waals surface area contributed by atoms with Gasteiger partial charge in [0.25, 0.3) is 0 Å². The molecule has 4 nitrogen and oxygen atoms in total. The highest BCUT2D eigenvalue weighted by molar-refractivity contribution is 6.62. The standard InChI is InChI=1S/C9H11BN2O2/c1-6-9-7(10(13)14)4-3-5-8(9)12(2)11-6/h3-5,13-14H,1-2H3. The lowest BCUT2D eigenvalue weighted by Crippen LogP contribution is -2.30. The minimum absolute atomic E-state index is 0.508. The van der Waals surface area contributed by atoms with E-state index in [1.165, 1.54) is 0 Å². The van der Waals surface area contributed by atoms with Gasteiger partial charge in [0, 0.05) is 12.4 Å². The van der Waals surface area contributed by atoms with Crippen molar-refractivity contribution in [1.82, 2.24) is 9.78 Å². The van der Waals surface area contributed by atoms with Crippen LogP contribution in [0.4, 0.5) is 0 Å². The fourth-order valence-corrected chi connectivity index (χ4v) is 1.77. The van der Waals surface area contributed by atoms with Gasteiger partial charge in [0.05, 0.1) is 11.2 Å². The second-order valence-corrected chi connectivity index (χ2v) is 3.32. The van der Waals surface area contributed by atoms with Crippen LogP contribution in [0.15, 0.2) is 18.2 Å². The van der Waals surface area contributed by atoms with Crippen LogP contribution in [-0.2, 0) is 7.05 Å². The van der Waals surface area contributed by atoms with Crippen LogP contribution in [0.2, 0.25) is 0 Å². The molecule has 14 heavy (non-hydrogen) atoms. The Kier molecular flexibility index (Phi) is 2.05. The largest absolute Gasteiger partial charge is 0.489 e. The summed E-state index contributed by atoms with van der Waals surface area (Å²) in [4.78, 5) is 0. The summed E-state index contributed by atoms with van der Waals surface area (Å²) < 4.78 is 1.73. The number of fused-ring (bicyclic) bond motifs is 1. The third-order valence-corrected chi connectivity index (χ3v) is 2.36. The third-order valence-electron chi connectivity index (χ3n) is 2.36. The fraction of sp³-hybridized carbons (Fsp3) is 0.222. The molecule has 0 aliphatic heterocycles. The van der Waals surface area contributed by atoms with Gasteiger partial charge in [-0.05, 0) is 18.5 Å². The molecule has 1 heterocycles. The van der Waals surface area contributed by atoms with E-state index in [-0.39, 0.29) is 0 Å². The summed E-state index contributed by atoms with van der Waals surface area (Å²) in [6.07, 6.45) is 0. The van der Waals surface area contributed by atoms with E-state index in [4.69, 9.17) is 0 Å². The van der Waals surface area contributed by atoms with E-state index in [9.17, 15) is 10.0 Å². The molecule has 0 amide bonds. The van der Waals surface area contributed by atoms with Gasteiger partial charge in [-0.1, -0.05) is 12.1 Å². The van der Waals surface area contributed by atoms with Gasteiger partial charge >= 0.3 is 7.12 Å². The predicted molar refractivity (Wildman–Crippen MR) is 55.3 cm³/mol. The van der Waals surface area contributed by atoms with E-state index in [0.29, 0.717) is 5.46 Å². The Hall–Kier alpha value is -1.33. The summed E-state index contributed by atoms with van der Waals surface area (Å²) in [7, 11) is 0.393. The molecule has 0 aliphatic rings. The predicted octanol–water partition coefficient (Wildman–Crippen LogP) is -0.438. The molecule has 0 bridgehead atoms. The van der Waals surface area contributed by atoms with Crippen molar-refractivity contribution in [2.75, 3.05) is 0 Å². The number of hydrogen-bond donors (Lipinski definition) is 2. The quantitative estimate of drug-likeness (QED) is 0.599. The first kappa shape index (κ1) is 9.24. The molecule has 1 aromatic carbocycles. The zero-order chi connectivity index (χ0) is 10.3. The highest BCUT2D eigenvalue weighted by Gasteiger charge is 2.17. The number of nitrogens with zero attached hydrogens (tertiary/aromatic N) is 2. The Morgan fingerprint density at radius 3 is 2.71 bits per heavy atom. The van der Waals surface area contributed by atoms with Crippen molar-refractivity contribution in [3.05, 3.63) is 23.9 Å². The molecule has 2 aromatic rings. The smallest absolute Gasteiger partial charge is 0.423 e. The summed E-state index contributed by atoms with van der Waals surface area (Å²) in [5.74, 6) is 0. The van der Waals surface area contributed by atoms with Crippen molar-refractivity contribution >= 4 is 23.5 Å². The Morgan fingerprint density at radius 1 is 1.36 bits per heavy atom. The van der Waals surface area contributed by atoms with Gasteiger partial charge in [-0.25, -0.2) is 0 Å². The molecule has 0 spiro atoms. The average molecular weight is 190 g/mol. The van der Waals surface area contributed by atoms with Crippen molar-refractivity contribution in [3.63, 3.8) is 0 Å². The lowest BCUT2D eigenvalue weighted by Gasteiger charge is -2.01. The van der Waals surface area contributed by atoms with E-state index in [0.717, 1.165) is 16.6 Å². The molecule has 5 heteroatoms. The van der Waals surface area contributed by atoms with E-state index < -0.39 is 7.12 Å². The van der Waals surface area contributed by atoms with Crippen LogP contribution in [0.5, 0.6) is 0 Å². The molecule has 0 atom stereocenters. The molecule has 0 saturated heterocycles. The van der Waals surface area contributed by atoms with Gasteiger partial charge in [0.1, 0.15) is 0 Å². The van der Waals surface area contributed by atoms with Crippen LogP contribution >= 0.6 is 0 Å². The van der Waals surface area contributed by atoms with Crippen molar-refractivity contribution < 1.29 is 10.0 Å². The van der Waals surface area contributed by atoms with E-state index in [1.54, 1.807) is 16.8 Å². The van der Waals surface area contributed by atoms with Crippen molar-refractivity contribution in [1.29, 1.82) is 0 Å². The van der Waals surface area contributed by atoms with Gasteiger partial charge in [-0.2, -0.15) is 5.10 Å². The maximum absolute atomic E-state index is 9.17.